The second-order valence-corrected chi connectivity index (χ2v) is 4.85. The summed E-state index contributed by atoms with van der Waals surface area (Å²) in [6.07, 6.45) is -4.84. The fourth-order valence-corrected chi connectivity index (χ4v) is 1.82. The lowest BCUT2D eigenvalue weighted by molar-refractivity contribution is -0.274. The zero-order chi connectivity index (χ0) is 19.3. The van der Waals surface area contributed by atoms with E-state index in [2.05, 4.69) is 14.8 Å². The van der Waals surface area contributed by atoms with Crippen LogP contribution in [0.4, 0.5) is 27.6 Å². The molecule has 138 valence electrons. The molecule has 0 saturated carbocycles. The fourth-order valence-electron chi connectivity index (χ4n) is 1.82. The molecule has 2 rings (SSSR count). The molecule has 0 radical (unpaired) electrons. The molecular formula is C16H10F5NO4. The number of nitrogens with one attached hydrogen (secondary N) is 1. The summed E-state index contributed by atoms with van der Waals surface area (Å²) in [4.78, 5) is 23.3. The van der Waals surface area contributed by atoms with Crippen LogP contribution < -0.4 is 10.1 Å². The Bertz CT molecular complexity index is 785. The van der Waals surface area contributed by atoms with Crippen molar-refractivity contribution in [3.05, 3.63) is 59.7 Å². The summed E-state index contributed by atoms with van der Waals surface area (Å²) in [6, 6.07) is 6.28. The van der Waals surface area contributed by atoms with Gasteiger partial charge in [0.2, 0.25) is 0 Å². The quantitative estimate of drug-likeness (QED) is 0.640. The van der Waals surface area contributed by atoms with Crippen LogP contribution in [0.2, 0.25) is 0 Å². The van der Waals surface area contributed by atoms with Gasteiger partial charge in [-0.15, -0.1) is 13.2 Å². The summed E-state index contributed by atoms with van der Waals surface area (Å²) in [6.45, 7) is -0.766. The van der Waals surface area contributed by atoms with E-state index in [1.54, 1.807) is 0 Å². The number of esters is 1. The van der Waals surface area contributed by atoms with E-state index < -0.39 is 47.8 Å². The summed E-state index contributed by atoms with van der Waals surface area (Å²) in [7, 11) is 0. The van der Waals surface area contributed by atoms with Gasteiger partial charge in [-0.25, -0.2) is 13.6 Å². The highest BCUT2D eigenvalue weighted by Crippen LogP contribution is 2.23. The van der Waals surface area contributed by atoms with Crippen LogP contribution in [0.1, 0.15) is 10.4 Å². The first-order valence-corrected chi connectivity index (χ1v) is 6.91. The third kappa shape index (κ3) is 6.04. The number of carbonyl (C=O) groups is 2. The van der Waals surface area contributed by atoms with Gasteiger partial charge < -0.3 is 14.8 Å². The Hall–Kier alpha value is -3.17. The number of hydrogen-bond donors (Lipinski definition) is 1. The molecule has 2 aromatic carbocycles. The predicted molar refractivity (Wildman–Crippen MR) is 78.4 cm³/mol. The maximum atomic E-state index is 13.0. The van der Waals surface area contributed by atoms with Crippen molar-refractivity contribution < 1.29 is 41.0 Å². The first kappa shape index (κ1) is 19.2. The lowest BCUT2D eigenvalue weighted by Gasteiger charge is -2.10. The molecule has 0 bridgehead atoms. The van der Waals surface area contributed by atoms with E-state index in [0.29, 0.717) is 6.07 Å². The normalized spacial score (nSPS) is 11.0. The minimum absolute atomic E-state index is 0.123. The standard InChI is InChI=1S/C16H10F5NO4/c17-10-5-9(6-11(18)7-10)15(24)25-8-14(23)22-12-1-3-13(4-2-12)26-16(19,20)21/h1-7H,8H2,(H,22,23). The summed E-state index contributed by atoms with van der Waals surface area (Å²) in [5.41, 5.74) is -0.290. The third-order valence-electron chi connectivity index (χ3n) is 2.80. The summed E-state index contributed by atoms with van der Waals surface area (Å²) < 4.78 is 70.4. The van der Waals surface area contributed by atoms with Gasteiger partial charge >= 0.3 is 12.3 Å². The summed E-state index contributed by atoms with van der Waals surface area (Å²) in [5.74, 6) is -4.37. The van der Waals surface area contributed by atoms with Crippen molar-refractivity contribution in [2.24, 2.45) is 0 Å². The van der Waals surface area contributed by atoms with Crippen LogP contribution in [0.3, 0.4) is 0 Å². The molecular weight excluding hydrogens is 365 g/mol. The van der Waals surface area contributed by atoms with Gasteiger partial charge in [0.05, 0.1) is 5.56 Å². The Labute approximate surface area is 143 Å². The largest absolute Gasteiger partial charge is 0.573 e. The van der Waals surface area contributed by atoms with E-state index in [9.17, 15) is 31.5 Å². The fraction of sp³-hybridized carbons (Fsp3) is 0.125. The predicted octanol–water partition coefficient (Wildman–Crippen LogP) is 3.66. The van der Waals surface area contributed by atoms with Gasteiger partial charge in [0.15, 0.2) is 6.61 Å². The van der Waals surface area contributed by atoms with Crippen LogP contribution in [-0.4, -0.2) is 24.8 Å². The van der Waals surface area contributed by atoms with Crippen LogP contribution >= 0.6 is 0 Å². The Morgan fingerprint density at radius 3 is 2.08 bits per heavy atom. The van der Waals surface area contributed by atoms with E-state index in [0.717, 1.165) is 36.4 Å². The first-order valence-electron chi connectivity index (χ1n) is 6.91. The average molecular weight is 375 g/mol. The molecule has 5 nitrogen and oxygen atoms in total. The Morgan fingerprint density at radius 2 is 1.54 bits per heavy atom. The Kier molecular flexibility index (Phi) is 5.75. The van der Waals surface area contributed by atoms with E-state index in [4.69, 9.17) is 0 Å². The maximum Gasteiger partial charge on any atom is 0.573 e. The average Bonchev–Trinajstić information content (AvgIpc) is 2.52. The SMILES string of the molecule is O=C(COC(=O)c1cc(F)cc(F)c1)Nc1ccc(OC(F)(F)F)cc1. The van der Waals surface area contributed by atoms with Crippen molar-refractivity contribution in [2.75, 3.05) is 11.9 Å². The van der Waals surface area contributed by atoms with Gasteiger partial charge in [0.25, 0.3) is 5.91 Å². The smallest absolute Gasteiger partial charge is 0.452 e. The molecule has 26 heavy (non-hydrogen) atoms. The number of ether oxygens (including phenoxy) is 2. The lowest BCUT2D eigenvalue weighted by Crippen LogP contribution is -2.21. The monoisotopic (exact) mass is 375 g/mol. The van der Waals surface area contributed by atoms with Gasteiger partial charge in [0, 0.05) is 11.8 Å². The van der Waals surface area contributed by atoms with Gasteiger partial charge in [-0.05, 0) is 36.4 Å². The zero-order valence-corrected chi connectivity index (χ0v) is 12.8. The topological polar surface area (TPSA) is 64.6 Å². The number of anilines is 1. The molecule has 0 heterocycles. The van der Waals surface area contributed by atoms with Crippen molar-refractivity contribution >= 4 is 17.6 Å². The van der Waals surface area contributed by atoms with Crippen molar-refractivity contribution in [2.45, 2.75) is 6.36 Å². The van der Waals surface area contributed by atoms with Gasteiger partial charge in [-0.2, -0.15) is 0 Å². The van der Waals surface area contributed by atoms with Gasteiger partial charge in [-0.1, -0.05) is 0 Å². The molecule has 0 unspecified atom stereocenters. The zero-order valence-electron chi connectivity index (χ0n) is 12.8. The molecule has 0 atom stereocenters. The highest BCUT2D eigenvalue weighted by molar-refractivity contribution is 5.95. The minimum Gasteiger partial charge on any atom is -0.452 e. The summed E-state index contributed by atoms with van der Waals surface area (Å²) >= 11 is 0. The van der Waals surface area contributed by atoms with Crippen molar-refractivity contribution in [3.8, 4) is 5.75 Å². The maximum absolute atomic E-state index is 13.0. The highest BCUT2D eigenvalue weighted by atomic mass is 19.4. The van der Waals surface area contributed by atoms with E-state index >= 15 is 0 Å². The van der Waals surface area contributed by atoms with Crippen molar-refractivity contribution in [1.82, 2.24) is 0 Å². The third-order valence-corrected chi connectivity index (χ3v) is 2.80. The van der Waals surface area contributed by atoms with Gasteiger partial charge in [-0.3, -0.25) is 4.79 Å². The number of hydrogen-bond acceptors (Lipinski definition) is 4. The van der Waals surface area contributed by atoms with E-state index in [1.165, 1.54) is 0 Å². The number of benzene rings is 2. The second-order valence-electron chi connectivity index (χ2n) is 4.85. The number of rotatable bonds is 5. The molecule has 0 spiro atoms. The molecule has 0 fully saturated rings. The highest BCUT2D eigenvalue weighted by Gasteiger charge is 2.30. The Balaban J connectivity index is 1.87. The lowest BCUT2D eigenvalue weighted by atomic mass is 10.2. The molecule has 0 aliphatic heterocycles. The van der Waals surface area contributed by atoms with Crippen LogP contribution in [0.25, 0.3) is 0 Å². The molecule has 0 saturated heterocycles. The number of amides is 1. The molecule has 10 heteroatoms. The minimum atomic E-state index is -4.84. The molecule has 0 aliphatic rings. The van der Waals surface area contributed by atoms with Crippen LogP contribution in [0, 0.1) is 11.6 Å². The number of halogens is 5. The van der Waals surface area contributed by atoms with Gasteiger partial charge in [0.1, 0.15) is 17.4 Å². The molecule has 0 aliphatic carbocycles. The van der Waals surface area contributed by atoms with E-state index in [-0.39, 0.29) is 5.69 Å². The molecule has 2 aromatic rings. The molecule has 1 amide bonds. The summed E-state index contributed by atoms with van der Waals surface area (Å²) in [5, 5.41) is 2.26. The van der Waals surface area contributed by atoms with Crippen LogP contribution in [0.5, 0.6) is 5.75 Å². The Morgan fingerprint density at radius 1 is 0.962 bits per heavy atom. The van der Waals surface area contributed by atoms with Crippen molar-refractivity contribution in [1.29, 1.82) is 0 Å². The van der Waals surface area contributed by atoms with Crippen LogP contribution in [0.15, 0.2) is 42.5 Å². The van der Waals surface area contributed by atoms with E-state index in [1.807, 2.05) is 0 Å². The van der Waals surface area contributed by atoms with Crippen molar-refractivity contribution in [3.63, 3.8) is 0 Å². The molecule has 0 aromatic heterocycles. The first-order chi connectivity index (χ1) is 12.1. The second kappa shape index (κ2) is 7.81. The number of carbonyl (C=O) groups excluding carboxylic acids is 2. The number of alkyl halides is 3. The van der Waals surface area contributed by atoms with Crippen LogP contribution in [-0.2, 0) is 9.53 Å². The molecule has 1 N–H and O–H groups in total.